The van der Waals surface area contributed by atoms with E-state index in [9.17, 15) is 9.59 Å². The molecule has 0 aliphatic carbocycles. The number of amides is 3. The lowest BCUT2D eigenvalue weighted by Crippen LogP contribution is -2.52. The predicted octanol–water partition coefficient (Wildman–Crippen LogP) is 0.213. The quantitative estimate of drug-likeness (QED) is 0.596. The van der Waals surface area contributed by atoms with E-state index in [4.69, 9.17) is 15.6 Å². The number of aliphatic hydroxyl groups is 1. The number of urea groups is 1. The van der Waals surface area contributed by atoms with Crippen LogP contribution in [0, 0.1) is 0 Å². The van der Waals surface area contributed by atoms with Crippen LogP contribution in [0.2, 0.25) is 0 Å². The number of rotatable bonds is 8. The molecule has 7 nitrogen and oxygen atoms in total. The van der Waals surface area contributed by atoms with Crippen LogP contribution in [0.15, 0.2) is 0 Å². The number of nitrogens with one attached hydrogen (secondary N) is 1. The molecule has 0 saturated carbocycles. The molecule has 1 aliphatic heterocycles. The van der Waals surface area contributed by atoms with Crippen molar-refractivity contribution in [2.75, 3.05) is 26.3 Å². The summed E-state index contributed by atoms with van der Waals surface area (Å²) in [4.78, 5) is 25.2. The van der Waals surface area contributed by atoms with Crippen LogP contribution in [0.3, 0.4) is 0 Å². The summed E-state index contributed by atoms with van der Waals surface area (Å²) >= 11 is 0. The smallest absolute Gasteiger partial charge is 0.312 e. The fourth-order valence-corrected chi connectivity index (χ4v) is 2.52. The van der Waals surface area contributed by atoms with Crippen LogP contribution in [-0.2, 0) is 9.53 Å². The number of piperidine rings is 1. The molecule has 1 atom stereocenters. The van der Waals surface area contributed by atoms with Gasteiger partial charge >= 0.3 is 6.03 Å². The van der Waals surface area contributed by atoms with Gasteiger partial charge in [-0.3, -0.25) is 4.79 Å². The SMILES string of the molecule is CCCCC(NC(N)=O)C(=O)N1CCC(OCCO)CC1. The molecular formula is C14H27N3O4. The zero-order chi connectivity index (χ0) is 15.7. The van der Waals surface area contributed by atoms with Crippen molar-refractivity contribution in [1.29, 1.82) is 0 Å². The largest absolute Gasteiger partial charge is 0.394 e. The lowest BCUT2D eigenvalue weighted by molar-refractivity contribution is -0.136. The number of hydrogen-bond acceptors (Lipinski definition) is 4. The van der Waals surface area contributed by atoms with E-state index < -0.39 is 12.1 Å². The normalized spacial score (nSPS) is 17.5. The molecule has 7 heteroatoms. The molecule has 0 aromatic carbocycles. The Morgan fingerprint density at radius 1 is 1.43 bits per heavy atom. The highest BCUT2D eigenvalue weighted by Gasteiger charge is 2.28. The Bertz CT molecular complexity index is 330. The van der Waals surface area contributed by atoms with E-state index >= 15 is 0 Å². The van der Waals surface area contributed by atoms with E-state index in [1.54, 1.807) is 4.90 Å². The average molecular weight is 301 g/mol. The van der Waals surface area contributed by atoms with Crippen LogP contribution in [0.5, 0.6) is 0 Å². The van der Waals surface area contributed by atoms with Crippen LogP contribution in [-0.4, -0.2) is 60.4 Å². The Hall–Kier alpha value is -1.34. The molecule has 1 aliphatic rings. The number of likely N-dealkylation sites (tertiary alicyclic amines) is 1. The van der Waals surface area contributed by atoms with Gasteiger partial charge < -0.3 is 25.8 Å². The van der Waals surface area contributed by atoms with Crippen molar-refractivity contribution in [1.82, 2.24) is 10.2 Å². The van der Waals surface area contributed by atoms with Gasteiger partial charge in [0.15, 0.2) is 0 Å². The summed E-state index contributed by atoms with van der Waals surface area (Å²) in [6.45, 7) is 3.60. The number of carbonyl (C=O) groups is 2. The summed E-state index contributed by atoms with van der Waals surface area (Å²) in [5, 5.41) is 11.3. The Morgan fingerprint density at radius 3 is 2.62 bits per heavy atom. The van der Waals surface area contributed by atoms with Gasteiger partial charge in [-0.05, 0) is 19.3 Å². The van der Waals surface area contributed by atoms with Gasteiger partial charge in [-0.25, -0.2) is 4.79 Å². The highest BCUT2D eigenvalue weighted by atomic mass is 16.5. The van der Waals surface area contributed by atoms with Crippen molar-refractivity contribution in [2.45, 2.75) is 51.2 Å². The molecule has 1 saturated heterocycles. The number of aliphatic hydroxyl groups excluding tert-OH is 1. The summed E-state index contributed by atoms with van der Waals surface area (Å²) in [5.41, 5.74) is 5.14. The summed E-state index contributed by atoms with van der Waals surface area (Å²) in [7, 11) is 0. The van der Waals surface area contributed by atoms with Crippen LogP contribution in [0.1, 0.15) is 39.0 Å². The molecule has 3 amide bonds. The van der Waals surface area contributed by atoms with Gasteiger partial charge in [-0.2, -0.15) is 0 Å². The number of carbonyl (C=O) groups excluding carboxylic acids is 2. The summed E-state index contributed by atoms with van der Waals surface area (Å²) < 4.78 is 5.47. The van der Waals surface area contributed by atoms with Gasteiger partial charge in [-0.1, -0.05) is 19.8 Å². The minimum Gasteiger partial charge on any atom is -0.394 e. The first-order valence-electron chi connectivity index (χ1n) is 7.65. The van der Waals surface area contributed by atoms with Crippen molar-refractivity contribution < 1.29 is 19.4 Å². The molecule has 0 aromatic rings. The van der Waals surface area contributed by atoms with E-state index in [1.807, 2.05) is 6.92 Å². The second-order valence-corrected chi connectivity index (χ2v) is 5.32. The van der Waals surface area contributed by atoms with Crippen molar-refractivity contribution in [3.8, 4) is 0 Å². The maximum atomic E-state index is 12.4. The predicted molar refractivity (Wildman–Crippen MR) is 78.7 cm³/mol. The molecule has 0 spiro atoms. The fourth-order valence-electron chi connectivity index (χ4n) is 2.52. The lowest BCUT2D eigenvalue weighted by atomic mass is 10.0. The van der Waals surface area contributed by atoms with Gasteiger partial charge in [0.25, 0.3) is 0 Å². The van der Waals surface area contributed by atoms with E-state index in [0.717, 1.165) is 25.7 Å². The van der Waals surface area contributed by atoms with Crippen LogP contribution < -0.4 is 11.1 Å². The zero-order valence-electron chi connectivity index (χ0n) is 12.7. The first kappa shape index (κ1) is 17.7. The average Bonchev–Trinajstić information content (AvgIpc) is 2.49. The first-order valence-corrected chi connectivity index (χ1v) is 7.65. The molecule has 21 heavy (non-hydrogen) atoms. The number of hydrogen-bond donors (Lipinski definition) is 3. The standard InChI is InChI=1S/C14H27N3O4/c1-2-3-4-12(16-14(15)20)13(19)17-7-5-11(6-8-17)21-10-9-18/h11-12,18H,2-10H2,1H3,(H3,15,16,20). The highest BCUT2D eigenvalue weighted by Crippen LogP contribution is 2.15. The van der Waals surface area contributed by atoms with Gasteiger partial charge in [-0.15, -0.1) is 0 Å². The van der Waals surface area contributed by atoms with E-state index in [2.05, 4.69) is 5.32 Å². The summed E-state index contributed by atoms with van der Waals surface area (Å²) in [6.07, 6.45) is 4.04. The lowest BCUT2D eigenvalue weighted by Gasteiger charge is -2.34. The Labute approximate surface area is 125 Å². The van der Waals surface area contributed by atoms with E-state index in [1.165, 1.54) is 0 Å². The second-order valence-electron chi connectivity index (χ2n) is 5.32. The first-order chi connectivity index (χ1) is 10.1. The van der Waals surface area contributed by atoms with Gasteiger partial charge in [0.05, 0.1) is 19.3 Å². The zero-order valence-corrected chi connectivity index (χ0v) is 12.7. The number of nitrogens with two attached hydrogens (primary N) is 1. The molecular weight excluding hydrogens is 274 g/mol. The molecule has 0 radical (unpaired) electrons. The van der Waals surface area contributed by atoms with Gasteiger partial charge in [0, 0.05) is 13.1 Å². The Kier molecular flexibility index (Phi) is 8.07. The van der Waals surface area contributed by atoms with Gasteiger partial charge in [0.1, 0.15) is 6.04 Å². The fraction of sp³-hybridized carbons (Fsp3) is 0.857. The maximum absolute atomic E-state index is 12.4. The minimum absolute atomic E-state index is 0.0147. The second kappa shape index (κ2) is 9.57. The Balaban J connectivity index is 2.46. The van der Waals surface area contributed by atoms with Crippen molar-refractivity contribution in [3.63, 3.8) is 0 Å². The summed E-state index contributed by atoms with van der Waals surface area (Å²) in [5.74, 6) is -0.0668. The van der Waals surface area contributed by atoms with Gasteiger partial charge in [0.2, 0.25) is 5.91 Å². The third-order valence-corrected chi connectivity index (χ3v) is 3.66. The Morgan fingerprint density at radius 2 is 2.10 bits per heavy atom. The molecule has 1 rings (SSSR count). The third-order valence-electron chi connectivity index (χ3n) is 3.66. The van der Waals surface area contributed by atoms with E-state index in [-0.39, 0.29) is 18.6 Å². The molecule has 4 N–H and O–H groups in total. The third kappa shape index (κ3) is 6.31. The molecule has 0 bridgehead atoms. The number of nitrogens with zero attached hydrogens (tertiary/aromatic N) is 1. The van der Waals surface area contributed by atoms with E-state index in [0.29, 0.717) is 26.1 Å². The molecule has 1 heterocycles. The number of unbranched alkanes of at least 4 members (excludes halogenated alkanes) is 1. The topological polar surface area (TPSA) is 105 Å². The molecule has 1 unspecified atom stereocenters. The number of primary amides is 1. The minimum atomic E-state index is -0.661. The van der Waals surface area contributed by atoms with Crippen molar-refractivity contribution >= 4 is 11.9 Å². The number of ether oxygens (including phenoxy) is 1. The highest BCUT2D eigenvalue weighted by molar-refractivity contribution is 5.86. The van der Waals surface area contributed by atoms with Crippen LogP contribution >= 0.6 is 0 Å². The summed E-state index contributed by atoms with van der Waals surface area (Å²) in [6, 6.07) is -1.19. The molecule has 122 valence electrons. The molecule has 0 aromatic heterocycles. The van der Waals surface area contributed by atoms with Crippen LogP contribution in [0.4, 0.5) is 4.79 Å². The van der Waals surface area contributed by atoms with Crippen molar-refractivity contribution in [2.24, 2.45) is 5.73 Å². The van der Waals surface area contributed by atoms with Crippen LogP contribution in [0.25, 0.3) is 0 Å². The maximum Gasteiger partial charge on any atom is 0.312 e. The monoisotopic (exact) mass is 301 g/mol. The van der Waals surface area contributed by atoms with Crippen molar-refractivity contribution in [3.05, 3.63) is 0 Å². The molecule has 1 fully saturated rings.